The number of fused-ring (bicyclic) bond motifs is 1. The second-order valence-corrected chi connectivity index (χ2v) is 5.66. The van der Waals surface area contributed by atoms with Crippen LogP contribution in [0.3, 0.4) is 0 Å². The van der Waals surface area contributed by atoms with Gasteiger partial charge in [-0.3, -0.25) is 4.79 Å². The molecule has 4 heteroatoms. The first-order valence-corrected chi connectivity index (χ1v) is 6.68. The van der Waals surface area contributed by atoms with Crippen LogP contribution in [0, 0.1) is 0 Å². The van der Waals surface area contributed by atoms with E-state index in [1.54, 1.807) is 13.8 Å². The Bertz CT molecular complexity index is 463. The van der Waals surface area contributed by atoms with Crippen LogP contribution in [-0.4, -0.2) is 29.8 Å². The Labute approximate surface area is 113 Å². The van der Waals surface area contributed by atoms with Crippen LogP contribution < -0.4 is 10.1 Å². The summed E-state index contributed by atoms with van der Waals surface area (Å²) >= 11 is 0. The first-order valence-electron chi connectivity index (χ1n) is 6.68. The summed E-state index contributed by atoms with van der Waals surface area (Å²) < 4.78 is 5.46. The molecule has 1 aromatic carbocycles. The van der Waals surface area contributed by atoms with E-state index in [2.05, 4.69) is 11.4 Å². The van der Waals surface area contributed by atoms with Crippen LogP contribution in [-0.2, 0) is 17.6 Å². The molecule has 4 nitrogen and oxygen atoms in total. The van der Waals surface area contributed by atoms with E-state index in [1.807, 2.05) is 12.1 Å². The molecule has 0 heterocycles. The number of aryl methyl sites for hydroxylation is 2. The van der Waals surface area contributed by atoms with Gasteiger partial charge in [0.15, 0.2) is 6.61 Å². The smallest absolute Gasteiger partial charge is 0.258 e. The zero-order chi connectivity index (χ0) is 13.9. The van der Waals surface area contributed by atoms with Crippen LogP contribution >= 0.6 is 0 Å². The number of benzene rings is 1. The molecule has 0 unspecified atom stereocenters. The lowest BCUT2D eigenvalue weighted by atomic mass is 10.1. The molecule has 0 atom stereocenters. The maximum absolute atomic E-state index is 11.5. The van der Waals surface area contributed by atoms with Gasteiger partial charge in [0.05, 0.1) is 5.60 Å². The van der Waals surface area contributed by atoms with Crippen molar-refractivity contribution in [2.75, 3.05) is 13.2 Å². The van der Waals surface area contributed by atoms with E-state index in [9.17, 15) is 9.90 Å². The van der Waals surface area contributed by atoms with Crippen molar-refractivity contribution in [1.29, 1.82) is 0 Å². The van der Waals surface area contributed by atoms with E-state index >= 15 is 0 Å². The molecular weight excluding hydrogens is 242 g/mol. The highest BCUT2D eigenvalue weighted by molar-refractivity contribution is 5.77. The van der Waals surface area contributed by atoms with Crippen molar-refractivity contribution in [2.45, 2.75) is 38.7 Å². The van der Waals surface area contributed by atoms with Gasteiger partial charge in [0.1, 0.15) is 5.75 Å². The van der Waals surface area contributed by atoms with Crippen LogP contribution in [0.2, 0.25) is 0 Å². The van der Waals surface area contributed by atoms with Crippen molar-refractivity contribution in [2.24, 2.45) is 0 Å². The number of ether oxygens (including phenoxy) is 1. The molecule has 19 heavy (non-hydrogen) atoms. The summed E-state index contributed by atoms with van der Waals surface area (Å²) in [6.07, 6.45) is 3.43. The second kappa shape index (κ2) is 5.61. The van der Waals surface area contributed by atoms with Gasteiger partial charge in [-0.15, -0.1) is 0 Å². The van der Waals surface area contributed by atoms with Crippen molar-refractivity contribution < 1.29 is 14.6 Å². The molecule has 1 aliphatic rings. The van der Waals surface area contributed by atoms with Gasteiger partial charge in [-0.2, -0.15) is 0 Å². The number of carbonyl (C=O) groups excluding carboxylic acids is 1. The zero-order valence-electron chi connectivity index (χ0n) is 11.5. The molecule has 1 aliphatic carbocycles. The lowest BCUT2D eigenvalue weighted by Crippen LogP contribution is -2.40. The predicted molar refractivity (Wildman–Crippen MR) is 73.3 cm³/mol. The molecule has 0 bridgehead atoms. The summed E-state index contributed by atoms with van der Waals surface area (Å²) in [4.78, 5) is 11.5. The molecular formula is C15H21NO3. The first-order chi connectivity index (χ1) is 8.94. The highest BCUT2D eigenvalue weighted by atomic mass is 16.5. The molecule has 1 amide bonds. The first kappa shape index (κ1) is 13.9. The third-order valence-electron chi connectivity index (χ3n) is 3.16. The third-order valence-corrected chi connectivity index (χ3v) is 3.16. The quantitative estimate of drug-likeness (QED) is 0.845. The Morgan fingerprint density at radius 3 is 2.84 bits per heavy atom. The van der Waals surface area contributed by atoms with Crippen molar-refractivity contribution in [3.8, 4) is 5.75 Å². The molecule has 2 N–H and O–H groups in total. The number of nitrogens with one attached hydrogen (secondary N) is 1. The minimum atomic E-state index is -0.900. The van der Waals surface area contributed by atoms with Gasteiger partial charge in [-0.05, 0) is 56.4 Å². The van der Waals surface area contributed by atoms with Gasteiger partial charge in [0.2, 0.25) is 0 Å². The summed E-state index contributed by atoms with van der Waals surface area (Å²) in [6, 6.07) is 6.01. The van der Waals surface area contributed by atoms with E-state index in [0.717, 1.165) is 18.6 Å². The van der Waals surface area contributed by atoms with E-state index in [4.69, 9.17) is 4.74 Å². The summed E-state index contributed by atoms with van der Waals surface area (Å²) in [6.45, 7) is 3.50. The van der Waals surface area contributed by atoms with Crippen LogP contribution in [0.5, 0.6) is 5.75 Å². The molecule has 0 aliphatic heterocycles. The molecule has 0 radical (unpaired) electrons. The summed E-state index contributed by atoms with van der Waals surface area (Å²) in [7, 11) is 0. The van der Waals surface area contributed by atoms with Gasteiger partial charge in [-0.1, -0.05) is 6.07 Å². The molecule has 2 rings (SSSR count). The van der Waals surface area contributed by atoms with Gasteiger partial charge in [-0.25, -0.2) is 0 Å². The van der Waals surface area contributed by atoms with E-state index in [1.165, 1.54) is 17.5 Å². The fraction of sp³-hybridized carbons (Fsp3) is 0.533. The molecule has 0 saturated heterocycles. The monoisotopic (exact) mass is 263 g/mol. The lowest BCUT2D eigenvalue weighted by molar-refractivity contribution is -0.124. The summed E-state index contributed by atoms with van der Waals surface area (Å²) in [5.41, 5.74) is 1.82. The Morgan fingerprint density at radius 2 is 2.11 bits per heavy atom. The topological polar surface area (TPSA) is 58.6 Å². The van der Waals surface area contributed by atoms with Crippen molar-refractivity contribution >= 4 is 5.91 Å². The zero-order valence-corrected chi connectivity index (χ0v) is 11.5. The number of amides is 1. The minimum absolute atomic E-state index is 0.0190. The molecule has 1 aromatic rings. The highest BCUT2D eigenvalue weighted by Crippen LogP contribution is 2.25. The van der Waals surface area contributed by atoms with Crippen molar-refractivity contribution in [1.82, 2.24) is 5.32 Å². The van der Waals surface area contributed by atoms with Crippen molar-refractivity contribution in [3.05, 3.63) is 29.3 Å². The highest BCUT2D eigenvalue weighted by Gasteiger charge is 2.15. The third kappa shape index (κ3) is 4.24. The molecule has 104 valence electrons. The average molecular weight is 263 g/mol. The largest absolute Gasteiger partial charge is 0.484 e. The second-order valence-electron chi connectivity index (χ2n) is 5.66. The number of hydrogen-bond donors (Lipinski definition) is 2. The van der Waals surface area contributed by atoms with Gasteiger partial charge >= 0.3 is 0 Å². The lowest BCUT2D eigenvalue weighted by Gasteiger charge is -2.17. The van der Waals surface area contributed by atoms with E-state index < -0.39 is 5.60 Å². The standard InChI is InChI=1S/C15H21NO3/c1-15(2,18)10-16-14(17)9-19-13-7-6-11-4-3-5-12(11)8-13/h6-8,18H,3-5,9-10H2,1-2H3,(H,16,17). The Kier molecular flexibility index (Phi) is 4.10. The van der Waals surface area contributed by atoms with Crippen molar-refractivity contribution in [3.63, 3.8) is 0 Å². The Hall–Kier alpha value is -1.55. The predicted octanol–water partition coefficient (Wildman–Crippen LogP) is 1.44. The van der Waals surface area contributed by atoms with Crippen LogP contribution in [0.25, 0.3) is 0 Å². The maximum atomic E-state index is 11.5. The normalized spacial score (nSPS) is 14.1. The number of hydrogen-bond acceptors (Lipinski definition) is 3. The molecule has 0 aromatic heterocycles. The van der Waals surface area contributed by atoms with E-state index in [-0.39, 0.29) is 19.1 Å². The van der Waals surface area contributed by atoms with Gasteiger partial charge in [0, 0.05) is 6.54 Å². The van der Waals surface area contributed by atoms with E-state index in [0.29, 0.717) is 0 Å². The van der Waals surface area contributed by atoms with Crippen LogP contribution in [0.4, 0.5) is 0 Å². The van der Waals surface area contributed by atoms with Gasteiger partial charge < -0.3 is 15.2 Å². The number of rotatable bonds is 5. The fourth-order valence-electron chi connectivity index (χ4n) is 2.15. The number of carbonyl (C=O) groups is 1. The fourth-order valence-corrected chi connectivity index (χ4v) is 2.15. The van der Waals surface area contributed by atoms with Crippen LogP contribution in [0.1, 0.15) is 31.4 Å². The Morgan fingerprint density at radius 1 is 1.37 bits per heavy atom. The Balaban J connectivity index is 1.81. The molecule has 0 spiro atoms. The molecule has 0 fully saturated rings. The molecule has 0 saturated carbocycles. The summed E-state index contributed by atoms with van der Waals surface area (Å²) in [5, 5.41) is 12.1. The van der Waals surface area contributed by atoms with Gasteiger partial charge in [0.25, 0.3) is 5.91 Å². The maximum Gasteiger partial charge on any atom is 0.258 e. The SMILES string of the molecule is CC(C)(O)CNC(=O)COc1ccc2c(c1)CCC2. The summed E-state index contributed by atoms with van der Waals surface area (Å²) in [5.74, 6) is 0.515. The van der Waals surface area contributed by atoms with Crippen LogP contribution in [0.15, 0.2) is 18.2 Å². The minimum Gasteiger partial charge on any atom is -0.484 e. The number of aliphatic hydroxyl groups is 1. The average Bonchev–Trinajstić information content (AvgIpc) is 2.80.